The lowest BCUT2D eigenvalue weighted by Crippen LogP contribution is -2.53. The summed E-state index contributed by atoms with van der Waals surface area (Å²) >= 11 is 0. The molecule has 0 aliphatic carbocycles. The number of carbonyl (C=O) groups is 1. The van der Waals surface area contributed by atoms with Crippen molar-refractivity contribution < 1.29 is 9.53 Å². The van der Waals surface area contributed by atoms with Gasteiger partial charge in [0.05, 0.1) is 5.54 Å². The van der Waals surface area contributed by atoms with E-state index in [0.717, 1.165) is 51.6 Å². The van der Waals surface area contributed by atoms with Gasteiger partial charge in [0.2, 0.25) is 5.91 Å². The Balaban J connectivity index is 2.25. The van der Waals surface area contributed by atoms with E-state index < -0.39 is 5.54 Å². The standard InChI is InChI=1S/C15H31N3O2/c1-4-17-15(2,14(16)19)8-5-9-18(3)12-13-6-10-20-11-7-13/h13,17H,4-12H2,1-3H3,(H2,16,19). The fourth-order valence-corrected chi connectivity index (χ4v) is 2.85. The Kier molecular flexibility index (Phi) is 7.48. The largest absolute Gasteiger partial charge is 0.381 e. The predicted octanol–water partition coefficient (Wildman–Crippen LogP) is 0.979. The predicted molar refractivity (Wildman–Crippen MR) is 81.6 cm³/mol. The zero-order chi connectivity index (χ0) is 15.0. The quantitative estimate of drug-likeness (QED) is 0.662. The molecule has 1 unspecified atom stereocenters. The Morgan fingerprint density at radius 3 is 2.65 bits per heavy atom. The van der Waals surface area contributed by atoms with E-state index >= 15 is 0 Å². The number of ether oxygens (including phenoxy) is 1. The molecule has 5 nitrogen and oxygen atoms in total. The van der Waals surface area contributed by atoms with Crippen LogP contribution in [0.2, 0.25) is 0 Å². The molecule has 1 fully saturated rings. The molecular weight excluding hydrogens is 254 g/mol. The summed E-state index contributed by atoms with van der Waals surface area (Å²) in [6, 6.07) is 0. The minimum absolute atomic E-state index is 0.258. The molecule has 1 aliphatic heterocycles. The van der Waals surface area contributed by atoms with Crippen molar-refractivity contribution >= 4 is 5.91 Å². The Morgan fingerprint density at radius 1 is 1.45 bits per heavy atom. The summed E-state index contributed by atoms with van der Waals surface area (Å²) < 4.78 is 5.38. The Morgan fingerprint density at radius 2 is 2.10 bits per heavy atom. The second-order valence-electron chi connectivity index (χ2n) is 6.15. The Bertz CT molecular complexity index is 293. The highest BCUT2D eigenvalue weighted by Crippen LogP contribution is 2.17. The molecule has 1 aliphatic rings. The second kappa shape index (κ2) is 8.60. The highest BCUT2D eigenvalue weighted by Gasteiger charge is 2.29. The van der Waals surface area contributed by atoms with Crippen LogP contribution in [0.3, 0.4) is 0 Å². The van der Waals surface area contributed by atoms with Gasteiger partial charge in [0.1, 0.15) is 0 Å². The van der Waals surface area contributed by atoms with Gasteiger partial charge in [0, 0.05) is 19.8 Å². The highest BCUT2D eigenvalue weighted by atomic mass is 16.5. The second-order valence-corrected chi connectivity index (χ2v) is 6.15. The maximum Gasteiger partial charge on any atom is 0.237 e. The van der Waals surface area contributed by atoms with Gasteiger partial charge in [-0.3, -0.25) is 4.79 Å². The van der Waals surface area contributed by atoms with Crippen LogP contribution in [-0.4, -0.2) is 56.2 Å². The number of hydrogen-bond donors (Lipinski definition) is 2. The molecule has 0 aromatic carbocycles. The van der Waals surface area contributed by atoms with E-state index in [1.807, 2.05) is 13.8 Å². The maximum absolute atomic E-state index is 11.5. The first-order chi connectivity index (χ1) is 9.48. The number of nitrogens with zero attached hydrogens (tertiary/aromatic N) is 1. The Hall–Kier alpha value is -0.650. The molecule has 1 saturated heterocycles. The number of nitrogens with two attached hydrogens (primary N) is 1. The molecule has 0 spiro atoms. The van der Waals surface area contributed by atoms with Gasteiger partial charge in [-0.05, 0) is 58.7 Å². The van der Waals surface area contributed by atoms with Crippen LogP contribution in [0.4, 0.5) is 0 Å². The number of rotatable bonds is 9. The van der Waals surface area contributed by atoms with Gasteiger partial charge in [-0.1, -0.05) is 6.92 Å². The molecule has 1 atom stereocenters. The molecule has 0 saturated carbocycles. The van der Waals surface area contributed by atoms with Crippen molar-refractivity contribution in [2.45, 2.75) is 45.1 Å². The minimum Gasteiger partial charge on any atom is -0.381 e. The fourth-order valence-electron chi connectivity index (χ4n) is 2.85. The van der Waals surface area contributed by atoms with E-state index in [0.29, 0.717) is 0 Å². The zero-order valence-electron chi connectivity index (χ0n) is 13.3. The van der Waals surface area contributed by atoms with Crippen molar-refractivity contribution in [3.05, 3.63) is 0 Å². The first kappa shape index (κ1) is 17.4. The molecule has 0 aromatic rings. The van der Waals surface area contributed by atoms with Gasteiger partial charge in [-0.2, -0.15) is 0 Å². The average Bonchev–Trinajstić information content (AvgIpc) is 2.40. The number of nitrogens with one attached hydrogen (secondary N) is 1. The van der Waals surface area contributed by atoms with E-state index in [4.69, 9.17) is 10.5 Å². The third-order valence-corrected chi connectivity index (χ3v) is 4.24. The molecule has 1 heterocycles. The first-order valence-corrected chi connectivity index (χ1v) is 7.79. The zero-order valence-corrected chi connectivity index (χ0v) is 13.3. The lowest BCUT2D eigenvalue weighted by atomic mass is 9.94. The topological polar surface area (TPSA) is 67.6 Å². The van der Waals surface area contributed by atoms with E-state index in [1.165, 1.54) is 12.8 Å². The number of hydrogen-bond acceptors (Lipinski definition) is 4. The lowest BCUT2D eigenvalue weighted by molar-refractivity contribution is -0.124. The van der Waals surface area contributed by atoms with E-state index in [2.05, 4.69) is 17.3 Å². The summed E-state index contributed by atoms with van der Waals surface area (Å²) in [5, 5.41) is 3.20. The summed E-state index contributed by atoms with van der Waals surface area (Å²) in [7, 11) is 2.16. The molecule has 3 N–H and O–H groups in total. The van der Waals surface area contributed by atoms with Crippen LogP contribution in [-0.2, 0) is 9.53 Å². The van der Waals surface area contributed by atoms with Crippen molar-refractivity contribution in [3.8, 4) is 0 Å². The van der Waals surface area contributed by atoms with Crippen LogP contribution in [0, 0.1) is 5.92 Å². The van der Waals surface area contributed by atoms with Crippen LogP contribution in [0.15, 0.2) is 0 Å². The summed E-state index contributed by atoms with van der Waals surface area (Å²) in [5.41, 5.74) is 4.92. The molecule has 1 rings (SSSR count). The van der Waals surface area contributed by atoms with E-state index in [1.54, 1.807) is 0 Å². The molecular formula is C15H31N3O2. The monoisotopic (exact) mass is 285 g/mol. The van der Waals surface area contributed by atoms with Crippen molar-refractivity contribution in [2.24, 2.45) is 11.7 Å². The van der Waals surface area contributed by atoms with Crippen LogP contribution in [0.5, 0.6) is 0 Å². The SMILES string of the molecule is CCNC(C)(CCCN(C)CC1CCOCC1)C(N)=O. The highest BCUT2D eigenvalue weighted by molar-refractivity contribution is 5.84. The van der Waals surface area contributed by atoms with Crippen LogP contribution in [0.25, 0.3) is 0 Å². The van der Waals surface area contributed by atoms with Crippen LogP contribution < -0.4 is 11.1 Å². The first-order valence-electron chi connectivity index (χ1n) is 7.79. The number of likely N-dealkylation sites (N-methyl/N-ethyl adjacent to an activating group) is 1. The summed E-state index contributed by atoms with van der Waals surface area (Å²) in [4.78, 5) is 13.9. The van der Waals surface area contributed by atoms with Crippen molar-refractivity contribution in [1.29, 1.82) is 0 Å². The minimum atomic E-state index is -0.575. The number of carbonyl (C=O) groups excluding carboxylic acids is 1. The van der Waals surface area contributed by atoms with Crippen molar-refractivity contribution in [1.82, 2.24) is 10.2 Å². The third kappa shape index (κ3) is 5.77. The van der Waals surface area contributed by atoms with Gasteiger partial charge in [-0.15, -0.1) is 0 Å². The Labute approximate surface area is 123 Å². The molecule has 20 heavy (non-hydrogen) atoms. The molecule has 0 bridgehead atoms. The normalized spacial score (nSPS) is 20.0. The van der Waals surface area contributed by atoms with E-state index in [-0.39, 0.29) is 5.91 Å². The van der Waals surface area contributed by atoms with Crippen molar-refractivity contribution in [2.75, 3.05) is 39.9 Å². The third-order valence-electron chi connectivity index (χ3n) is 4.24. The fraction of sp³-hybridized carbons (Fsp3) is 0.933. The average molecular weight is 285 g/mol. The number of amides is 1. The van der Waals surface area contributed by atoms with Gasteiger partial charge in [0.15, 0.2) is 0 Å². The molecule has 118 valence electrons. The number of primary amides is 1. The molecule has 0 aromatic heterocycles. The summed E-state index contributed by atoms with van der Waals surface area (Å²) in [6.07, 6.45) is 4.10. The van der Waals surface area contributed by atoms with Crippen LogP contribution in [0.1, 0.15) is 39.5 Å². The molecule has 5 heteroatoms. The summed E-state index contributed by atoms with van der Waals surface area (Å²) in [6.45, 7) is 8.59. The lowest BCUT2D eigenvalue weighted by Gasteiger charge is -2.30. The van der Waals surface area contributed by atoms with Crippen molar-refractivity contribution in [3.63, 3.8) is 0 Å². The smallest absolute Gasteiger partial charge is 0.237 e. The van der Waals surface area contributed by atoms with Gasteiger partial charge < -0.3 is 20.7 Å². The molecule has 1 amide bonds. The van der Waals surface area contributed by atoms with Crippen LogP contribution >= 0.6 is 0 Å². The summed E-state index contributed by atoms with van der Waals surface area (Å²) in [5.74, 6) is 0.497. The maximum atomic E-state index is 11.5. The van der Waals surface area contributed by atoms with Gasteiger partial charge in [0.25, 0.3) is 0 Å². The van der Waals surface area contributed by atoms with E-state index in [9.17, 15) is 4.79 Å². The van der Waals surface area contributed by atoms with Gasteiger partial charge >= 0.3 is 0 Å². The van der Waals surface area contributed by atoms with Gasteiger partial charge in [-0.25, -0.2) is 0 Å². The molecule has 0 radical (unpaired) electrons.